The lowest BCUT2D eigenvalue weighted by Crippen LogP contribution is -2.48. The summed E-state index contributed by atoms with van der Waals surface area (Å²) in [5, 5.41) is 0. The molecule has 0 amide bonds. The quantitative estimate of drug-likeness (QED) is 0.563. The van der Waals surface area contributed by atoms with Gasteiger partial charge in [0.15, 0.2) is 0 Å². The van der Waals surface area contributed by atoms with Gasteiger partial charge in [-0.15, -0.1) is 0 Å². The molecule has 0 radical (unpaired) electrons. The van der Waals surface area contributed by atoms with Crippen molar-refractivity contribution in [2.75, 3.05) is 11.4 Å². The first-order valence-corrected chi connectivity index (χ1v) is 9.87. The highest BCUT2D eigenvalue weighted by molar-refractivity contribution is 5.83. The highest BCUT2D eigenvalue weighted by Crippen LogP contribution is 2.43. The number of hydrogen-bond acceptors (Lipinski definition) is 2. The van der Waals surface area contributed by atoms with E-state index in [1.807, 2.05) is 6.21 Å². The van der Waals surface area contributed by atoms with Crippen molar-refractivity contribution in [2.24, 2.45) is 4.99 Å². The van der Waals surface area contributed by atoms with Crippen molar-refractivity contribution in [1.29, 1.82) is 0 Å². The number of hydrogen-bond donors (Lipinski definition) is 0. The van der Waals surface area contributed by atoms with Crippen molar-refractivity contribution in [3.8, 4) is 0 Å². The molecule has 1 heterocycles. The number of rotatable bonds is 4. The zero-order chi connectivity index (χ0) is 18.9. The van der Waals surface area contributed by atoms with Crippen molar-refractivity contribution < 1.29 is 0 Å². The highest BCUT2D eigenvalue weighted by Gasteiger charge is 2.35. The van der Waals surface area contributed by atoms with Gasteiger partial charge in [-0.1, -0.05) is 39.0 Å². The van der Waals surface area contributed by atoms with E-state index in [1.54, 1.807) is 0 Å². The van der Waals surface area contributed by atoms with E-state index in [9.17, 15) is 0 Å². The first-order valence-electron chi connectivity index (χ1n) is 9.87. The number of nitrogens with zero attached hydrogens (tertiary/aromatic N) is 2. The molecule has 0 N–H and O–H groups in total. The number of benzene rings is 2. The Morgan fingerprint density at radius 3 is 2.46 bits per heavy atom. The molecule has 2 heteroatoms. The second kappa shape index (κ2) is 7.26. The van der Waals surface area contributed by atoms with Gasteiger partial charge < -0.3 is 4.90 Å². The smallest absolute Gasteiger partial charge is 0.0630 e. The van der Waals surface area contributed by atoms with Gasteiger partial charge in [-0.2, -0.15) is 0 Å². The van der Waals surface area contributed by atoms with Gasteiger partial charge in [0.05, 0.1) is 5.69 Å². The highest BCUT2D eigenvalue weighted by atomic mass is 15.2. The van der Waals surface area contributed by atoms with E-state index in [-0.39, 0.29) is 5.54 Å². The minimum atomic E-state index is 0.217. The van der Waals surface area contributed by atoms with E-state index in [2.05, 4.69) is 93.9 Å². The Hall–Kier alpha value is -2.09. The molecular formula is C24H32N2. The van der Waals surface area contributed by atoms with Crippen LogP contribution in [0.25, 0.3) is 0 Å². The van der Waals surface area contributed by atoms with Gasteiger partial charge in [0, 0.05) is 24.0 Å². The van der Waals surface area contributed by atoms with Crippen LogP contribution in [0.1, 0.15) is 76.5 Å². The van der Waals surface area contributed by atoms with Crippen LogP contribution in [-0.4, -0.2) is 18.3 Å². The van der Waals surface area contributed by atoms with Crippen molar-refractivity contribution in [1.82, 2.24) is 0 Å². The summed E-state index contributed by atoms with van der Waals surface area (Å²) in [7, 11) is 0. The van der Waals surface area contributed by atoms with Crippen LogP contribution >= 0.6 is 0 Å². The molecule has 2 aromatic rings. The summed E-state index contributed by atoms with van der Waals surface area (Å²) in [4.78, 5) is 7.22. The second-order valence-corrected chi connectivity index (χ2v) is 8.48. The number of aliphatic imine (C=N–C) groups is 1. The van der Waals surface area contributed by atoms with Crippen LogP contribution in [0.5, 0.6) is 0 Å². The first kappa shape index (κ1) is 18.7. The minimum absolute atomic E-state index is 0.217. The van der Waals surface area contributed by atoms with Gasteiger partial charge >= 0.3 is 0 Å². The molecule has 0 saturated heterocycles. The van der Waals surface area contributed by atoms with Crippen molar-refractivity contribution in [3.05, 3.63) is 59.2 Å². The molecule has 26 heavy (non-hydrogen) atoms. The molecule has 0 saturated carbocycles. The van der Waals surface area contributed by atoms with Crippen LogP contribution < -0.4 is 4.90 Å². The molecule has 0 aliphatic carbocycles. The van der Waals surface area contributed by atoms with Gasteiger partial charge in [0.1, 0.15) is 0 Å². The first-order chi connectivity index (χ1) is 12.3. The predicted octanol–water partition coefficient (Wildman–Crippen LogP) is 6.67. The van der Waals surface area contributed by atoms with Crippen LogP contribution in [0.15, 0.2) is 47.5 Å². The molecule has 2 nitrogen and oxygen atoms in total. The Bertz CT molecular complexity index is 784. The van der Waals surface area contributed by atoms with Crippen LogP contribution in [0.4, 0.5) is 11.4 Å². The molecular weight excluding hydrogens is 316 g/mol. The van der Waals surface area contributed by atoms with Crippen molar-refractivity contribution in [3.63, 3.8) is 0 Å². The lowest BCUT2D eigenvalue weighted by Gasteiger charge is -2.47. The largest absolute Gasteiger partial charge is 0.366 e. The number of fused-ring (bicyclic) bond motifs is 1. The molecule has 0 spiro atoms. The van der Waals surface area contributed by atoms with E-state index in [4.69, 9.17) is 0 Å². The molecule has 138 valence electrons. The Morgan fingerprint density at radius 1 is 1.15 bits per heavy atom. The third-order valence-electron chi connectivity index (χ3n) is 5.65. The third-order valence-corrected chi connectivity index (χ3v) is 5.65. The van der Waals surface area contributed by atoms with Crippen molar-refractivity contribution in [2.45, 2.75) is 65.3 Å². The third kappa shape index (κ3) is 3.70. The fourth-order valence-electron chi connectivity index (χ4n) is 4.28. The molecule has 3 rings (SSSR count). The maximum Gasteiger partial charge on any atom is 0.0630 e. The van der Waals surface area contributed by atoms with E-state index in [0.29, 0.717) is 11.8 Å². The van der Waals surface area contributed by atoms with Crippen LogP contribution in [0.2, 0.25) is 0 Å². The fourth-order valence-corrected chi connectivity index (χ4v) is 4.28. The van der Waals surface area contributed by atoms with Crippen LogP contribution in [0.3, 0.4) is 0 Å². The van der Waals surface area contributed by atoms with Gasteiger partial charge in [-0.05, 0) is 80.0 Å². The van der Waals surface area contributed by atoms with Crippen molar-refractivity contribution >= 4 is 17.6 Å². The maximum absolute atomic E-state index is 4.68. The average molecular weight is 349 g/mol. The topological polar surface area (TPSA) is 15.6 Å². The van der Waals surface area contributed by atoms with E-state index in [1.165, 1.54) is 28.8 Å². The molecule has 0 aromatic heterocycles. The Balaban J connectivity index is 1.86. The molecule has 1 aliphatic rings. The van der Waals surface area contributed by atoms with Crippen LogP contribution in [0, 0.1) is 0 Å². The zero-order valence-corrected chi connectivity index (χ0v) is 17.1. The lowest BCUT2D eigenvalue weighted by molar-refractivity contribution is 0.381. The SMILES string of the molecule is CCN1c2ccc(C=Nc3ccc(C(C)C)cc3)cc2[C@H](C)CC1(C)C. The lowest BCUT2D eigenvalue weighted by atomic mass is 9.79. The summed E-state index contributed by atoms with van der Waals surface area (Å²) in [5.74, 6) is 1.13. The zero-order valence-electron chi connectivity index (χ0n) is 17.1. The normalized spacial score (nSPS) is 19.2. The Kier molecular flexibility index (Phi) is 5.22. The summed E-state index contributed by atoms with van der Waals surface area (Å²) in [6, 6.07) is 15.4. The molecule has 0 unspecified atom stereocenters. The van der Waals surface area contributed by atoms with Gasteiger partial charge in [0.2, 0.25) is 0 Å². The predicted molar refractivity (Wildman–Crippen MR) is 114 cm³/mol. The Morgan fingerprint density at radius 2 is 1.85 bits per heavy atom. The summed E-state index contributed by atoms with van der Waals surface area (Å²) in [6.07, 6.45) is 3.18. The van der Waals surface area contributed by atoms with E-state index in [0.717, 1.165) is 12.2 Å². The standard InChI is InChI=1S/C24H32N2/c1-7-26-23-13-8-19(14-22(23)18(4)15-24(26,5)6)16-25-21-11-9-20(10-12-21)17(2)3/h8-14,16-18H,7,15H2,1-6H3/t18-/m1/s1. The van der Waals surface area contributed by atoms with Crippen LogP contribution in [-0.2, 0) is 0 Å². The number of anilines is 1. The monoisotopic (exact) mass is 348 g/mol. The van der Waals surface area contributed by atoms with E-state index < -0.39 is 0 Å². The molecule has 2 aromatic carbocycles. The minimum Gasteiger partial charge on any atom is -0.366 e. The van der Waals surface area contributed by atoms with Gasteiger partial charge in [0.25, 0.3) is 0 Å². The summed E-state index contributed by atoms with van der Waals surface area (Å²) in [6.45, 7) is 14.8. The average Bonchev–Trinajstić information content (AvgIpc) is 2.60. The molecule has 1 aliphatic heterocycles. The van der Waals surface area contributed by atoms with E-state index >= 15 is 0 Å². The molecule has 1 atom stereocenters. The summed E-state index contributed by atoms with van der Waals surface area (Å²) >= 11 is 0. The molecule has 0 bridgehead atoms. The summed E-state index contributed by atoms with van der Waals surface area (Å²) < 4.78 is 0. The van der Waals surface area contributed by atoms with Gasteiger partial charge in [-0.3, -0.25) is 4.99 Å². The molecule has 0 fully saturated rings. The fraction of sp³-hybridized carbons (Fsp3) is 0.458. The second-order valence-electron chi connectivity index (χ2n) is 8.48. The summed E-state index contributed by atoms with van der Waals surface area (Å²) in [5.41, 5.74) is 6.60. The van der Waals surface area contributed by atoms with Gasteiger partial charge in [-0.25, -0.2) is 0 Å². The maximum atomic E-state index is 4.68. The Labute approximate surface area is 159 Å².